The monoisotopic (exact) mass is 626 g/mol. The first-order valence-electron chi connectivity index (χ1n) is 14.9. The minimum Gasteiger partial charge on any atom is -0.496 e. The summed E-state index contributed by atoms with van der Waals surface area (Å²) in [7, 11) is 1.52. The average Bonchev–Trinajstić information content (AvgIpc) is 3.37. The van der Waals surface area contributed by atoms with Crippen LogP contribution >= 0.6 is 11.3 Å². The molecule has 0 bridgehead atoms. The molecule has 3 aromatic rings. The smallest absolute Gasteiger partial charge is 0.348 e. The second-order valence-electron chi connectivity index (χ2n) is 10.6. The molecular formula is C32H42N4O7S. The van der Waals surface area contributed by atoms with Crippen molar-refractivity contribution in [2.45, 2.75) is 91.5 Å². The lowest BCUT2D eigenvalue weighted by molar-refractivity contribution is -0.130. The quantitative estimate of drug-likeness (QED) is 0.187. The van der Waals surface area contributed by atoms with Crippen LogP contribution in [0.2, 0.25) is 0 Å². The highest BCUT2D eigenvalue weighted by Gasteiger charge is 2.39. The molecule has 0 aliphatic rings. The fourth-order valence-electron chi connectivity index (χ4n) is 5.17. The Hall–Kier alpha value is -3.95. The van der Waals surface area contributed by atoms with Crippen molar-refractivity contribution in [3.63, 3.8) is 0 Å². The van der Waals surface area contributed by atoms with Gasteiger partial charge in [0.05, 0.1) is 44.7 Å². The van der Waals surface area contributed by atoms with E-state index < -0.39 is 34.8 Å². The molecule has 1 N–H and O–H groups in total. The first-order valence-corrected chi connectivity index (χ1v) is 15.7. The molecule has 1 unspecified atom stereocenters. The van der Waals surface area contributed by atoms with Gasteiger partial charge in [0, 0.05) is 11.6 Å². The Labute approximate surface area is 261 Å². The van der Waals surface area contributed by atoms with Crippen LogP contribution in [0.4, 0.5) is 0 Å². The predicted molar refractivity (Wildman–Crippen MR) is 169 cm³/mol. The maximum Gasteiger partial charge on any atom is 0.348 e. The van der Waals surface area contributed by atoms with Crippen LogP contribution in [0, 0.1) is 18.3 Å². The maximum atomic E-state index is 14.5. The van der Waals surface area contributed by atoms with Crippen molar-refractivity contribution in [3.05, 3.63) is 61.1 Å². The molecular weight excluding hydrogens is 584 g/mol. The fraction of sp³-hybridized carbons (Fsp3) is 0.531. The van der Waals surface area contributed by atoms with Gasteiger partial charge in [-0.2, -0.15) is 5.26 Å². The zero-order chi connectivity index (χ0) is 32.6. The molecule has 1 amide bonds. The molecule has 0 radical (unpaired) electrons. The van der Waals surface area contributed by atoms with Gasteiger partial charge in [-0.05, 0) is 51.7 Å². The molecule has 11 nitrogen and oxygen atoms in total. The van der Waals surface area contributed by atoms with Crippen molar-refractivity contribution in [1.82, 2.24) is 14.5 Å². The summed E-state index contributed by atoms with van der Waals surface area (Å²) in [5.74, 6) is -0.527. The summed E-state index contributed by atoms with van der Waals surface area (Å²) < 4.78 is 19.4. The number of rotatable bonds is 15. The Morgan fingerprint density at radius 1 is 1.14 bits per heavy atom. The third kappa shape index (κ3) is 6.74. The zero-order valence-corrected chi connectivity index (χ0v) is 27.3. The Kier molecular flexibility index (Phi) is 11.9. The highest BCUT2D eigenvalue weighted by Crippen LogP contribution is 2.33. The van der Waals surface area contributed by atoms with E-state index in [-0.39, 0.29) is 53.7 Å². The first kappa shape index (κ1) is 34.5. The van der Waals surface area contributed by atoms with Crippen LogP contribution in [-0.2, 0) is 26.4 Å². The number of thiophene rings is 1. The number of nitrogens with zero attached hydrogens (tertiary/aromatic N) is 3. The molecule has 0 saturated heterocycles. The lowest BCUT2D eigenvalue weighted by Gasteiger charge is -2.31. The summed E-state index contributed by atoms with van der Waals surface area (Å²) in [6.07, 6.45) is 0.874. The standard InChI is InChI=1S/C32H42N4O7S/c1-8-21(9-2)34-30(39)32(6,10-3)36-27(37)25-20(5)26(29(38)42-11-4)44-28(25)35(31(36)40)19-24(43-18-14-17-33)22-15-12-13-16-23(22)41-7/h12-13,15-16,21,24H,8-11,14,18-19H2,1-7H3,(H,34,39)/t24-,32?/m0/s1. The van der Waals surface area contributed by atoms with Crippen molar-refractivity contribution >= 4 is 33.4 Å². The Morgan fingerprint density at radius 3 is 2.41 bits per heavy atom. The normalized spacial score (nSPS) is 13.3. The number of hydrogen-bond acceptors (Lipinski definition) is 9. The lowest BCUT2D eigenvalue weighted by atomic mass is 9.95. The number of carbonyl (C=O) groups excluding carboxylic acids is 2. The van der Waals surface area contributed by atoms with Crippen molar-refractivity contribution < 1.29 is 23.8 Å². The fourth-order valence-corrected chi connectivity index (χ4v) is 6.37. The summed E-state index contributed by atoms with van der Waals surface area (Å²) in [6, 6.07) is 9.11. The number of nitrogens with one attached hydrogen (secondary N) is 1. The SMILES string of the molecule is CCOC(=O)c1sc2c(c1C)c(=O)n(C(C)(CC)C(=O)NC(CC)CC)c(=O)n2C[C@H](OCCC#N)c1ccccc1OC. The number of benzene rings is 1. The van der Waals surface area contributed by atoms with Gasteiger partial charge in [-0.1, -0.05) is 39.0 Å². The highest BCUT2D eigenvalue weighted by molar-refractivity contribution is 7.20. The van der Waals surface area contributed by atoms with Crippen molar-refractivity contribution in [1.29, 1.82) is 5.26 Å². The number of hydrogen-bond donors (Lipinski definition) is 1. The number of nitriles is 1. The van der Waals surface area contributed by atoms with E-state index in [2.05, 4.69) is 11.4 Å². The minimum absolute atomic E-state index is 0.0821. The average molecular weight is 627 g/mol. The molecule has 12 heteroatoms. The van der Waals surface area contributed by atoms with Crippen LogP contribution in [0.3, 0.4) is 0 Å². The number of carbonyl (C=O) groups is 2. The van der Waals surface area contributed by atoms with Gasteiger partial charge in [0.1, 0.15) is 27.1 Å². The van der Waals surface area contributed by atoms with Crippen molar-refractivity contribution in [2.24, 2.45) is 0 Å². The third-order valence-corrected chi connectivity index (χ3v) is 9.33. The summed E-state index contributed by atoms with van der Waals surface area (Å²) in [6.45, 7) is 10.7. The second kappa shape index (κ2) is 15.2. The number of methoxy groups -OCH3 is 1. The van der Waals surface area contributed by atoms with Crippen LogP contribution in [0.1, 0.15) is 87.2 Å². The van der Waals surface area contributed by atoms with E-state index >= 15 is 0 Å². The molecule has 3 rings (SSSR count). The van der Waals surface area contributed by atoms with Gasteiger partial charge < -0.3 is 19.5 Å². The summed E-state index contributed by atoms with van der Waals surface area (Å²) >= 11 is 0.991. The largest absolute Gasteiger partial charge is 0.496 e. The summed E-state index contributed by atoms with van der Waals surface area (Å²) in [4.78, 5) is 56.0. The van der Waals surface area contributed by atoms with Gasteiger partial charge >= 0.3 is 11.7 Å². The molecule has 2 atom stereocenters. The van der Waals surface area contributed by atoms with Gasteiger partial charge in [-0.3, -0.25) is 14.2 Å². The number of aryl methyl sites for hydroxylation is 1. The highest BCUT2D eigenvalue weighted by atomic mass is 32.1. The number of fused-ring (bicyclic) bond motifs is 1. The van der Waals surface area contributed by atoms with Gasteiger partial charge in [0.15, 0.2) is 0 Å². The van der Waals surface area contributed by atoms with E-state index in [1.165, 1.54) is 11.7 Å². The molecule has 44 heavy (non-hydrogen) atoms. The first-order chi connectivity index (χ1) is 21.0. The maximum absolute atomic E-state index is 14.5. The Balaban J connectivity index is 2.39. The number of amides is 1. The second-order valence-corrected chi connectivity index (χ2v) is 11.6. The van der Waals surface area contributed by atoms with Crippen LogP contribution < -0.4 is 21.3 Å². The molecule has 0 saturated carbocycles. The minimum atomic E-state index is -1.53. The van der Waals surface area contributed by atoms with Gasteiger partial charge in [-0.25, -0.2) is 14.2 Å². The molecule has 0 spiro atoms. The van der Waals surface area contributed by atoms with Crippen molar-refractivity contribution in [2.75, 3.05) is 20.3 Å². The van der Waals surface area contributed by atoms with Crippen LogP contribution in [-0.4, -0.2) is 47.4 Å². The van der Waals surface area contributed by atoms with E-state index in [4.69, 9.17) is 19.5 Å². The molecule has 0 fully saturated rings. The predicted octanol–water partition coefficient (Wildman–Crippen LogP) is 4.82. The van der Waals surface area contributed by atoms with Crippen molar-refractivity contribution in [3.8, 4) is 11.8 Å². The Bertz CT molecular complexity index is 1650. The van der Waals surface area contributed by atoms with E-state index in [0.29, 0.717) is 29.7 Å². The van der Waals surface area contributed by atoms with Crippen LogP contribution in [0.5, 0.6) is 5.75 Å². The molecule has 238 valence electrons. The number of esters is 1. The number of para-hydroxylation sites is 1. The summed E-state index contributed by atoms with van der Waals surface area (Å²) in [5, 5.41) is 12.3. The van der Waals surface area contributed by atoms with Gasteiger partial charge in [-0.15, -0.1) is 11.3 Å². The van der Waals surface area contributed by atoms with Crippen LogP contribution in [0.25, 0.3) is 10.2 Å². The van der Waals surface area contributed by atoms with E-state index in [1.807, 2.05) is 19.9 Å². The Morgan fingerprint density at radius 2 is 1.82 bits per heavy atom. The number of ether oxygens (including phenoxy) is 3. The summed E-state index contributed by atoms with van der Waals surface area (Å²) in [5.41, 5.74) is -1.91. The molecule has 0 aliphatic carbocycles. The van der Waals surface area contributed by atoms with Gasteiger partial charge in [0.2, 0.25) is 5.91 Å². The topological polar surface area (TPSA) is 142 Å². The lowest BCUT2D eigenvalue weighted by Crippen LogP contribution is -2.58. The molecule has 2 heterocycles. The van der Waals surface area contributed by atoms with E-state index in [1.54, 1.807) is 45.9 Å². The van der Waals surface area contributed by atoms with Crippen LogP contribution in [0.15, 0.2) is 33.9 Å². The van der Waals surface area contributed by atoms with E-state index in [0.717, 1.165) is 15.9 Å². The molecule has 2 aromatic heterocycles. The van der Waals surface area contributed by atoms with Gasteiger partial charge in [0.25, 0.3) is 5.56 Å². The van der Waals surface area contributed by atoms with E-state index in [9.17, 15) is 19.2 Å². The third-order valence-electron chi connectivity index (χ3n) is 8.03. The zero-order valence-electron chi connectivity index (χ0n) is 26.5. The molecule has 1 aromatic carbocycles. The number of aromatic nitrogens is 2. The molecule has 0 aliphatic heterocycles.